The Morgan fingerprint density at radius 2 is 1.36 bits per heavy atom. The van der Waals surface area contributed by atoms with E-state index >= 15 is 0 Å². The molecule has 0 aromatic heterocycles. The molecule has 0 aliphatic carbocycles. The maximum Gasteiger partial charge on any atom is 0.257 e. The summed E-state index contributed by atoms with van der Waals surface area (Å²) in [5.41, 5.74) is 4.57. The molecular formula is C23H23N3OS. The first kappa shape index (κ1) is 19.6. The van der Waals surface area contributed by atoms with E-state index in [1.807, 2.05) is 78.9 Å². The minimum absolute atomic E-state index is 0.227. The van der Waals surface area contributed by atoms with Crippen LogP contribution in [0.5, 0.6) is 0 Å². The van der Waals surface area contributed by atoms with Gasteiger partial charge in [0, 0.05) is 22.6 Å². The summed E-state index contributed by atoms with van der Waals surface area (Å²) in [6.45, 7) is 4.24. The first-order chi connectivity index (χ1) is 13.5. The molecule has 0 atom stereocenters. The third kappa shape index (κ3) is 5.41. The number of thiocarbonyl (C=S) groups is 1. The van der Waals surface area contributed by atoms with Crippen molar-refractivity contribution < 1.29 is 4.79 Å². The third-order valence-corrected chi connectivity index (χ3v) is 4.48. The highest BCUT2D eigenvalue weighted by Gasteiger charge is 2.09. The Hall–Kier alpha value is -3.18. The highest BCUT2D eigenvalue weighted by Crippen LogP contribution is 2.19. The van der Waals surface area contributed by atoms with Gasteiger partial charge in [0.2, 0.25) is 0 Å². The second-order valence-corrected chi connectivity index (χ2v) is 7.16. The van der Waals surface area contributed by atoms with Gasteiger partial charge in [0.15, 0.2) is 5.11 Å². The van der Waals surface area contributed by atoms with Crippen LogP contribution < -0.4 is 16.0 Å². The van der Waals surface area contributed by atoms with E-state index in [0.29, 0.717) is 11.5 Å². The summed E-state index contributed by atoms with van der Waals surface area (Å²) in [5.74, 6) is 0.203. The molecule has 28 heavy (non-hydrogen) atoms. The Labute approximate surface area is 171 Å². The van der Waals surface area contributed by atoms with E-state index < -0.39 is 0 Å². The zero-order chi connectivity index (χ0) is 19.9. The van der Waals surface area contributed by atoms with E-state index in [1.54, 1.807) is 0 Å². The van der Waals surface area contributed by atoms with Gasteiger partial charge in [-0.25, -0.2) is 0 Å². The van der Waals surface area contributed by atoms with Crippen LogP contribution in [0.2, 0.25) is 0 Å². The second kappa shape index (κ2) is 9.15. The van der Waals surface area contributed by atoms with Crippen molar-refractivity contribution in [2.24, 2.45) is 0 Å². The highest BCUT2D eigenvalue weighted by molar-refractivity contribution is 7.80. The van der Waals surface area contributed by atoms with Crippen LogP contribution in [0, 0.1) is 0 Å². The number of carbonyl (C=O) groups is 1. The van der Waals surface area contributed by atoms with Gasteiger partial charge in [-0.2, -0.15) is 0 Å². The van der Waals surface area contributed by atoms with Gasteiger partial charge < -0.3 is 10.6 Å². The van der Waals surface area contributed by atoms with Crippen LogP contribution in [-0.2, 0) is 0 Å². The Kier molecular flexibility index (Phi) is 6.40. The average molecular weight is 390 g/mol. The molecule has 3 aromatic rings. The number of benzene rings is 3. The van der Waals surface area contributed by atoms with E-state index in [9.17, 15) is 4.79 Å². The molecule has 3 rings (SSSR count). The topological polar surface area (TPSA) is 53.2 Å². The Bertz CT molecular complexity index is 936. The van der Waals surface area contributed by atoms with Crippen LogP contribution in [-0.4, -0.2) is 11.0 Å². The normalized spacial score (nSPS) is 10.4. The lowest BCUT2D eigenvalue weighted by molar-refractivity contribution is 0.0977. The maximum absolute atomic E-state index is 12.3. The van der Waals surface area contributed by atoms with Crippen LogP contribution in [0.4, 0.5) is 17.1 Å². The first-order valence-electron chi connectivity index (χ1n) is 9.16. The van der Waals surface area contributed by atoms with Crippen LogP contribution in [0.15, 0.2) is 78.9 Å². The van der Waals surface area contributed by atoms with Gasteiger partial charge in [-0.1, -0.05) is 44.2 Å². The maximum atomic E-state index is 12.3. The van der Waals surface area contributed by atoms with Crippen molar-refractivity contribution >= 4 is 40.3 Å². The molecule has 1 amide bonds. The molecule has 0 unspecified atom stereocenters. The van der Waals surface area contributed by atoms with Crippen molar-refractivity contribution in [2.75, 3.05) is 10.6 Å². The predicted molar refractivity (Wildman–Crippen MR) is 120 cm³/mol. The van der Waals surface area contributed by atoms with Crippen LogP contribution >= 0.6 is 12.2 Å². The smallest absolute Gasteiger partial charge is 0.257 e. The number of carbonyl (C=O) groups excluding carboxylic acids is 1. The number of anilines is 3. The largest absolute Gasteiger partial charge is 0.356 e. The molecule has 3 aromatic carbocycles. The Morgan fingerprint density at radius 1 is 0.786 bits per heavy atom. The summed E-state index contributed by atoms with van der Waals surface area (Å²) in [4.78, 5) is 12.3. The molecular weight excluding hydrogens is 366 g/mol. The molecule has 0 bridgehead atoms. The zero-order valence-corrected chi connectivity index (χ0v) is 16.7. The summed E-state index contributed by atoms with van der Waals surface area (Å²) in [5, 5.41) is 9.33. The molecule has 0 aliphatic rings. The fourth-order valence-electron chi connectivity index (χ4n) is 2.68. The lowest BCUT2D eigenvalue weighted by atomic mass is 10.0. The van der Waals surface area contributed by atoms with Crippen LogP contribution in [0.3, 0.4) is 0 Å². The van der Waals surface area contributed by atoms with Gasteiger partial charge in [-0.3, -0.25) is 10.1 Å². The number of hydrogen-bond donors (Lipinski definition) is 3. The van der Waals surface area contributed by atoms with E-state index in [-0.39, 0.29) is 11.0 Å². The summed E-state index contributed by atoms with van der Waals surface area (Å²) in [7, 11) is 0. The minimum atomic E-state index is -0.227. The monoisotopic (exact) mass is 389 g/mol. The molecule has 5 heteroatoms. The van der Waals surface area contributed by atoms with E-state index in [2.05, 4.69) is 29.8 Å². The molecule has 0 saturated heterocycles. The van der Waals surface area contributed by atoms with Gasteiger partial charge >= 0.3 is 0 Å². The van der Waals surface area contributed by atoms with Crippen molar-refractivity contribution in [1.29, 1.82) is 0 Å². The molecule has 3 N–H and O–H groups in total. The van der Waals surface area contributed by atoms with Crippen molar-refractivity contribution in [1.82, 2.24) is 5.32 Å². The highest BCUT2D eigenvalue weighted by atomic mass is 32.1. The quantitative estimate of drug-likeness (QED) is 0.491. The number of rotatable bonds is 5. The molecule has 0 spiro atoms. The van der Waals surface area contributed by atoms with Gasteiger partial charge in [0.05, 0.1) is 0 Å². The second-order valence-electron chi connectivity index (χ2n) is 6.75. The molecule has 0 fully saturated rings. The standard InChI is InChI=1S/C23H23N3OS/c1-16(2)17-8-10-18(11-9-17)22(27)26-23(28)25-21-14-12-20(13-15-21)24-19-6-4-3-5-7-19/h3-16,24H,1-2H3,(H2,25,26,27,28). The van der Waals surface area contributed by atoms with Crippen LogP contribution in [0.25, 0.3) is 0 Å². The summed E-state index contributed by atoms with van der Waals surface area (Å²) in [6.07, 6.45) is 0. The number of amides is 1. The van der Waals surface area contributed by atoms with Crippen molar-refractivity contribution in [3.8, 4) is 0 Å². The fourth-order valence-corrected chi connectivity index (χ4v) is 2.89. The first-order valence-corrected chi connectivity index (χ1v) is 9.56. The fraction of sp³-hybridized carbons (Fsp3) is 0.130. The number of para-hydroxylation sites is 1. The van der Waals surface area contributed by atoms with Gasteiger partial charge in [-0.05, 0) is 72.2 Å². The van der Waals surface area contributed by atoms with Crippen molar-refractivity contribution in [3.05, 3.63) is 90.0 Å². The summed E-state index contributed by atoms with van der Waals surface area (Å²) >= 11 is 5.26. The minimum Gasteiger partial charge on any atom is -0.356 e. The van der Waals surface area contributed by atoms with E-state index in [0.717, 1.165) is 17.1 Å². The number of nitrogens with one attached hydrogen (secondary N) is 3. The summed E-state index contributed by atoms with van der Waals surface area (Å²) < 4.78 is 0. The van der Waals surface area contributed by atoms with Gasteiger partial charge in [-0.15, -0.1) is 0 Å². The molecule has 0 aliphatic heterocycles. The molecule has 0 heterocycles. The Morgan fingerprint density at radius 3 is 1.96 bits per heavy atom. The average Bonchev–Trinajstić information content (AvgIpc) is 2.70. The lowest BCUT2D eigenvalue weighted by Gasteiger charge is -2.12. The van der Waals surface area contributed by atoms with E-state index in [4.69, 9.17) is 12.2 Å². The molecule has 0 radical (unpaired) electrons. The van der Waals surface area contributed by atoms with Crippen molar-refractivity contribution in [2.45, 2.75) is 19.8 Å². The molecule has 0 saturated carbocycles. The number of hydrogen-bond acceptors (Lipinski definition) is 3. The van der Waals surface area contributed by atoms with Gasteiger partial charge in [0.25, 0.3) is 5.91 Å². The van der Waals surface area contributed by atoms with Gasteiger partial charge in [0.1, 0.15) is 0 Å². The Balaban J connectivity index is 1.54. The SMILES string of the molecule is CC(C)c1ccc(C(=O)NC(=S)Nc2ccc(Nc3ccccc3)cc2)cc1. The predicted octanol–water partition coefficient (Wildman–Crippen LogP) is 5.68. The van der Waals surface area contributed by atoms with E-state index in [1.165, 1.54) is 5.56 Å². The molecule has 4 nitrogen and oxygen atoms in total. The van der Waals surface area contributed by atoms with Crippen LogP contribution in [0.1, 0.15) is 35.7 Å². The lowest BCUT2D eigenvalue weighted by Crippen LogP contribution is -2.34. The zero-order valence-electron chi connectivity index (χ0n) is 15.9. The van der Waals surface area contributed by atoms with Crippen molar-refractivity contribution in [3.63, 3.8) is 0 Å². The molecule has 142 valence electrons. The summed E-state index contributed by atoms with van der Waals surface area (Å²) in [6, 6.07) is 25.2. The third-order valence-electron chi connectivity index (χ3n) is 4.27.